The van der Waals surface area contributed by atoms with Gasteiger partial charge in [0, 0.05) is 5.92 Å². The monoisotopic (exact) mass is 432 g/mol. The molecule has 31 heavy (non-hydrogen) atoms. The van der Waals surface area contributed by atoms with E-state index in [0.29, 0.717) is 16.7 Å². The van der Waals surface area contributed by atoms with Crippen molar-refractivity contribution in [3.8, 4) is 11.5 Å². The highest BCUT2D eigenvalue weighted by Gasteiger charge is 2.50. The van der Waals surface area contributed by atoms with E-state index in [2.05, 4.69) is 0 Å². The Morgan fingerprint density at radius 3 is 2.39 bits per heavy atom. The Hall–Kier alpha value is -2.53. The maximum absolute atomic E-state index is 13.3. The van der Waals surface area contributed by atoms with Crippen molar-refractivity contribution in [1.29, 1.82) is 0 Å². The summed E-state index contributed by atoms with van der Waals surface area (Å²) in [6.45, 7) is -1.01. The fraction of sp³-hybridized carbons (Fsp3) is 0.409. The number of ketones is 1. The van der Waals surface area contributed by atoms with E-state index < -0.39 is 55.4 Å². The number of carbonyl (C=O) groups excluding carboxylic acids is 1. The molecule has 1 fully saturated rings. The first-order valence-corrected chi connectivity index (χ1v) is 9.82. The number of aromatic hydroxyl groups is 1. The van der Waals surface area contributed by atoms with E-state index in [1.54, 1.807) is 18.2 Å². The van der Waals surface area contributed by atoms with E-state index in [-0.39, 0.29) is 22.6 Å². The van der Waals surface area contributed by atoms with Crippen LogP contribution in [0.4, 0.5) is 0 Å². The lowest BCUT2D eigenvalue weighted by molar-refractivity contribution is -0.232. The summed E-state index contributed by atoms with van der Waals surface area (Å²) in [4.78, 5) is 13.3. The van der Waals surface area contributed by atoms with Gasteiger partial charge >= 0.3 is 0 Å². The number of benzene rings is 2. The minimum atomic E-state index is -1.61. The van der Waals surface area contributed by atoms with E-state index in [1.807, 2.05) is 0 Å². The molecule has 2 aliphatic rings. The molecular formula is C22H24O9. The smallest absolute Gasteiger partial charge is 0.201 e. The predicted octanol–water partition coefficient (Wildman–Crippen LogP) is -0.588. The molecule has 0 spiro atoms. The third-order valence-corrected chi connectivity index (χ3v) is 6.05. The van der Waals surface area contributed by atoms with Crippen molar-refractivity contribution in [1.82, 2.24) is 0 Å². The minimum Gasteiger partial charge on any atom is -0.507 e. The number of carbonyl (C=O) groups is 1. The highest BCUT2D eigenvalue weighted by molar-refractivity contribution is 6.16. The summed E-state index contributed by atoms with van der Waals surface area (Å²) < 4.78 is 11.2. The third-order valence-electron chi connectivity index (χ3n) is 6.05. The van der Waals surface area contributed by atoms with E-state index in [9.17, 15) is 35.4 Å². The highest BCUT2D eigenvalue weighted by atomic mass is 16.5. The van der Waals surface area contributed by atoms with Crippen molar-refractivity contribution in [2.24, 2.45) is 0 Å². The Morgan fingerprint density at radius 1 is 1.00 bits per heavy atom. The molecule has 1 heterocycles. The molecule has 2 aromatic rings. The van der Waals surface area contributed by atoms with E-state index in [4.69, 9.17) is 9.47 Å². The maximum atomic E-state index is 13.3. The summed E-state index contributed by atoms with van der Waals surface area (Å²) >= 11 is 0. The Labute approximate surface area is 177 Å². The Balaban J connectivity index is 1.97. The molecule has 0 bridgehead atoms. The van der Waals surface area contributed by atoms with Crippen molar-refractivity contribution >= 4 is 5.78 Å². The van der Waals surface area contributed by atoms with E-state index in [0.717, 1.165) is 0 Å². The number of fused-ring (bicyclic) bond motifs is 2. The standard InChI is InChI=1S/C22H24O9/c1-30-13-4-2-3-10-15(22-21(29)20(28)18(26)14(8-24)31-22)11-5-9(7-23)6-12(25)16(11)19(27)17(10)13/h2-6,14-15,18,20-26,28-29H,7-8H2,1H3. The van der Waals surface area contributed by atoms with Crippen molar-refractivity contribution in [3.63, 3.8) is 0 Å². The zero-order valence-electron chi connectivity index (χ0n) is 16.7. The van der Waals surface area contributed by atoms with Gasteiger partial charge in [-0.1, -0.05) is 18.2 Å². The van der Waals surface area contributed by atoms with E-state index in [1.165, 1.54) is 19.2 Å². The van der Waals surface area contributed by atoms with Gasteiger partial charge in [-0.2, -0.15) is 0 Å². The molecule has 6 N–H and O–H groups in total. The van der Waals surface area contributed by atoms with E-state index >= 15 is 0 Å². The molecule has 2 aromatic carbocycles. The maximum Gasteiger partial charge on any atom is 0.201 e. The molecule has 9 heteroatoms. The topological polar surface area (TPSA) is 157 Å². The number of hydrogen-bond donors (Lipinski definition) is 6. The van der Waals surface area contributed by atoms with Crippen LogP contribution in [0.5, 0.6) is 11.5 Å². The van der Waals surface area contributed by atoms with Gasteiger partial charge in [-0.15, -0.1) is 0 Å². The second kappa shape index (κ2) is 8.19. The van der Waals surface area contributed by atoms with Gasteiger partial charge in [-0.3, -0.25) is 4.79 Å². The van der Waals surface area contributed by atoms with Crippen LogP contribution in [-0.4, -0.2) is 80.7 Å². The Bertz CT molecular complexity index is 1000. The molecule has 0 amide bonds. The van der Waals surface area contributed by atoms with Gasteiger partial charge in [-0.25, -0.2) is 0 Å². The van der Waals surface area contributed by atoms with Crippen LogP contribution in [0.3, 0.4) is 0 Å². The van der Waals surface area contributed by atoms with Crippen LogP contribution in [0.25, 0.3) is 0 Å². The first-order valence-electron chi connectivity index (χ1n) is 9.82. The van der Waals surface area contributed by atoms with Crippen LogP contribution in [0, 0.1) is 0 Å². The number of ether oxygens (including phenoxy) is 2. The average molecular weight is 432 g/mol. The second-order valence-corrected chi connectivity index (χ2v) is 7.76. The zero-order chi connectivity index (χ0) is 22.4. The summed E-state index contributed by atoms with van der Waals surface area (Å²) in [5.41, 5.74) is 1.20. The number of rotatable bonds is 4. The first-order chi connectivity index (χ1) is 14.8. The van der Waals surface area contributed by atoms with Crippen LogP contribution in [0.2, 0.25) is 0 Å². The quantitative estimate of drug-likeness (QED) is 0.372. The molecule has 9 nitrogen and oxygen atoms in total. The molecule has 1 aliphatic carbocycles. The molecule has 1 saturated heterocycles. The van der Waals surface area contributed by atoms with Gasteiger partial charge in [0.2, 0.25) is 5.78 Å². The van der Waals surface area contributed by atoms with Gasteiger partial charge in [0.25, 0.3) is 0 Å². The van der Waals surface area contributed by atoms with Crippen molar-refractivity contribution in [2.75, 3.05) is 13.7 Å². The van der Waals surface area contributed by atoms with Crippen LogP contribution < -0.4 is 4.74 Å². The van der Waals surface area contributed by atoms with Crippen molar-refractivity contribution < 1.29 is 44.9 Å². The normalized spacial score (nSPS) is 29.9. The summed E-state index contributed by atoms with van der Waals surface area (Å²) in [6, 6.07) is 7.70. The van der Waals surface area contributed by atoms with Crippen molar-refractivity contribution in [2.45, 2.75) is 43.0 Å². The molecule has 6 unspecified atom stereocenters. The molecule has 4 rings (SSSR count). The summed E-state index contributed by atoms with van der Waals surface area (Å²) in [5, 5.41) is 61.1. The number of methoxy groups -OCH3 is 1. The molecule has 166 valence electrons. The lowest BCUT2D eigenvalue weighted by Crippen LogP contribution is -2.60. The molecule has 6 atom stereocenters. The first kappa shape index (κ1) is 21.7. The molecule has 0 aromatic heterocycles. The van der Waals surface area contributed by atoms with Gasteiger partial charge < -0.3 is 40.1 Å². The zero-order valence-corrected chi connectivity index (χ0v) is 16.7. The lowest BCUT2D eigenvalue weighted by Gasteiger charge is -2.45. The minimum absolute atomic E-state index is 0.0313. The van der Waals surface area contributed by atoms with Crippen molar-refractivity contribution in [3.05, 3.63) is 58.1 Å². The van der Waals surface area contributed by atoms with Gasteiger partial charge in [0.05, 0.1) is 37.6 Å². The summed E-state index contributed by atoms with van der Waals surface area (Å²) in [7, 11) is 1.40. The fourth-order valence-electron chi connectivity index (χ4n) is 4.57. The largest absolute Gasteiger partial charge is 0.507 e. The van der Waals surface area contributed by atoms with Crippen LogP contribution >= 0.6 is 0 Å². The van der Waals surface area contributed by atoms with Gasteiger partial charge in [0.1, 0.15) is 35.9 Å². The SMILES string of the molecule is COc1cccc2c1C(=O)c1c(O)cc(CO)cc1C2C1OC(CO)C(O)C(O)C1O. The Morgan fingerprint density at radius 2 is 1.74 bits per heavy atom. The number of phenolic OH excluding ortho intramolecular Hbond substituents is 1. The molecule has 0 radical (unpaired) electrons. The highest BCUT2D eigenvalue weighted by Crippen LogP contribution is 2.47. The third kappa shape index (κ3) is 3.30. The fourth-order valence-corrected chi connectivity index (χ4v) is 4.57. The Kier molecular flexibility index (Phi) is 5.73. The second-order valence-electron chi connectivity index (χ2n) is 7.76. The number of aliphatic hydroxyl groups is 5. The predicted molar refractivity (Wildman–Crippen MR) is 106 cm³/mol. The summed E-state index contributed by atoms with van der Waals surface area (Å²) in [5.74, 6) is -1.46. The number of aliphatic hydroxyl groups excluding tert-OH is 5. The molecule has 1 aliphatic heterocycles. The van der Waals surface area contributed by atoms with Crippen LogP contribution in [0.15, 0.2) is 30.3 Å². The summed E-state index contributed by atoms with van der Waals surface area (Å²) in [6.07, 6.45) is -7.04. The lowest BCUT2D eigenvalue weighted by atomic mass is 9.71. The molecular weight excluding hydrogens is 408 g/mol. The molecule has 0 saturated carbocycles. The van der Waals surface area contributed by atoms with Crippen LogP contribution in [-0.2, 0) is 11.3 Å². The van der Waals surface area contributed by atoms with Gasteiger partial charge in [0.15, 0.2) is 0 Å². The van der Waals surface area contributed by atoms with Crippen LogP contribution in [0.1, 0.15) is 38.5 Å². The number of hydrogen-bond acceptors (Lipinski definition) is 9. The number of phenols is 1. The van der Waals surface area contributed by atoms with Gasteiger partial charge in [-0.05, 0) is 28.8 Å². The average Bonchev–Trinajstić information content (AvgIpc) is 2.77.